The zero-order valence-electron chi connectivity index (χ0n) is 19.1. The molecule has 0 aromatic heterocycles. The van der Waals surface area contributed by atoms with Gasteiger partial charge < -0.3 is 4.74 Å². The SMILES string of the molecule is CCOC(=O)c1ccc(N2C(=O)CC(N(C(C)(C)CC)S(=O)(=O)c3ccccc3)C2=O)cc1. The number of ether oxygens (including phenoxy) is 1. The number of esters is 1. The van der Waals surface area contributed by atoms with E-state index in [1.54, 1.807) is 39.0 Å². The predicted octanol–water partition coefficient (Wildman–Crippen LogP) is 3.37. The number of carbonyl (C=O) groups is 3. The van der Waals surface area contributed by atoms with Crippen molar-refractivity contribution in [1.82, 2.24) is 4.31 Å². The standard InChI is InChI=1S/C24H28N2O6S/c1-5-24(3,4)26(33(30,31)19-10-8-7-9-11-19)20-16-21(27)25(22(20)28)18-14-12-17(13-15-18)23(29)32-6-2/h7-15,20H,5-6,16H2,1-4H3. The van der Waals surface area contributed by atoms with Gasteiger partial charge in [-0.1, -0.05) is 25.1 Å². The van der Waals surface area contributed by atoms with Crippen LogP contribution in [0, 0.1) is 0 Å². The number of benzene rings is 2. The van der Waals surface area contributed by atoms with Crippen LogP contribution in [-0.2, 0) is 24.3 Å². The molecular formula is C24H28N2O6S. The Hall–Kier alpha value is -3.04. The molecule has 1 saturated heterocycles. The third-order valence-corrected chi connectivity index (χ3v) is 7.94. The van der Waals surface area contributed by atoms with Crippen molar-refractivity contribution < 1.29 is 27.5 Å². The summed E-state index contributed by atoms with van der Waals surface area (Å²) in [6.07, 6.45) is 0.166. The van der Waals surface area contributed by atoms with E-state index in [1.807, 2.05) is 6.92 Å². The molecule has 0 spiro atoms. The lowest BCUT2D eigenvalue weighted by atomic mass is 10.00. The molecule has 1 unspecified atom stereocenters. The predicted molar refractivity (Wildman–Crippen MR) is 123 cm³/mol. The maximum atomic E-state index is 13.6. The van der Waals surface area contributed by atoms with Gasteiger partial charge in [-0.25, -0.2) is 18.1 Å². The molecule has 1 aliphatic heterocycles. The summed E-state index contributed by atoms with van der Waals surface area (Å²) in [7, 11) is -4.07. The molecule has 0 bridgehead atoms. The highest BCUT2D eigenvalue weighted by Crippen LogP contribution is 2.35. The van der Waals surface area contributed by atoms with Gasteiger partial charge >= 0.3 is 5.97 Å². The highest BCUT2D eigenvalue weighted by Gasteiger charge is 2.51. The van der Waals surface area contributed by atoms with E-state index in [-0.39, 0.29) is 29.2 Å². The van der Waals surface area contributed by atoms with E-state index < -0.39 is 39.4 Å². The Labute approximate surface area is 194 Å². The van der Waals surface area contributed by atoms with Crippen LogP contribution in [0.1, 0.15) is 50.9 Å². The average molecular weight is 473 g/mol. The number of carbonyl (C=O) groups excluding carboxylic acids is 3. The van der Waals surface area contributed by atoms with Gasteiger partial charge in [-0.05, 0) is 63.6 Å². The van der Waals surface area contributed by atoms with E-state index in [9.17, 15) is 22.8 Å². The Kier molecular flexibility index (Phi) is 7.04. The summed E-state index contributed by atoms with van der Waals surface area (Å²) < 4.78 is 33.3. The quantitative estimate of drug-likeness (QED) is 0.431. The molecule has 9 heteroatoms. The monoisotopic (exact) mass is 472 g/mol. The molecule has 0 N–H and O–H groups in total. The molecule has 1 atom stereocenters. The van der Waals surface area contributed by atoms with Crippen LogP contribution in [0.5, 0.6) is 0 Å². The molecule has 0 radical (unpaired) electrons. The van der Waals surface area contributed by atoms with E-state index in [4.69, 9.17) is 4.74 Å². The van der Waals surface area contributed by atoms with Gasteiger partial charge in [0.1, 0.15) is 6.04 Å². The summed E-state index contributed by atoms with van der Waals surface area (Å²) in [4.78, 5) is 39.3. The minimum absolute atomic E-state index is 0.0593. The van der Waals surface area contributed by atoms with Gasteiger partial charge in [-0.2, -0.15) is 4.31 Å². The first kappa shape index (κ1) is 24.6. The van der Waals surface area contributed by atoms with Crippen LogP contribution in [0.25, 0.3) is 0 Å². The lowest BCUT2D eigenvalue weighted by molar-refractivity contribution is -0.122. The van der Waals surface area contributed by atoms with E-state index in [0.717, 1.165) is 4.90 Å². The molecule has 0 aliphatic carbocycles. The summed E-state index contributed by atoms with van der Waals surface area (Å²) in [5.41, 5.74) is -0.359. The fraction of sp³-hybridized carbons (Fsp3) is 0.375. The molecule has 33 heavy (non-hydrogen) atoms. The number of nitrogens with zero attached hydrogens (tertiary/aromatic N) is 2. The normalized spacial score (nSPS) is 17.0. The number of amides is 2. The molecule has 0 saturated carbocycles. The molecule has 176 valence electrons. The number of hydrogen-bond acceptors (Lipinski definition) is 6. The topological polar surface area (TPSA) is 101 Å². The molecule has 2 aromatic rings. The lowest BCUT2D eigenvalue weighted by Gasteiger charge is -2.39. The van der Waals surface area contributed by atoms with E-state index >= 15 is 0 Å². The molecule has 8 nitrogen and oxygen atoms in total. The second-order valence-corrected chi connectivity index (χ2v) is 10.1. The molecule has 2 aromatic carbocycles. The van der Waals surface area contributed by atoms with Crippen LogP contribution in [-0.4, -0.2) is 48.7 Å². The van der Waals surface area contributed by atoms with Crippen molar-refractivity contribution in [2.75, 3.05) is 11.5 Å². The zero-order valence-corrected chi connectivity index (χ0v) is 20.0. The van der Waals surface area contributed by atoms with Crippen molar-refractivity contribution >= 4 is 33.5 Å². The molecular weight excluding hydrogens is 444 g/mol. The average Bonchev–Trinajstić information content (AvgIpc) is 3.07. The second-order valence-electron chi connectivity index (χ2n) is 8.33. The van der Waals surface area contributed by atoms with Crippen LogP contribution in [0.2, 0.25) is 0 Å². The number of imide groups is 1. The van der Waals surface area contributed by atoms with Crippen molar-refractivity contribution in [3.63, 3.8) is 0 Å². The van der Waals surface area contributed by atoms with Crippen molar-refractivity contribution in [1.29, 1.82) is 0 Å². The largest absolute Gasteiger partial charge is 0.462 e. The first-order chi connectivity index (χ1) is 15.5. The number of anilines is 1. The van der Waals surface area contributed by atoms with Crippen molar-refractivity contribution in [2.24, 2.45) is 0 Å². The van der Waals surface area contributed by atoms with Gasteiger partial charge in [0.05, 0.1) is 29.2 Å². The summed E-state index contributed by atoms with van der Waals surface area (Å²) in [6.45, 7) is 7.23. The molecule has 3 rings (SSSR count). The van der Waals surface area contributed by atoms with Crippen LogP contribution in [0.15, 0.2) is 59.5 Å². The summed E-state index contributed by atoms with van der Waals surface area (Å²) in [5, 5.41) is 0. The Morgan fingerprint density at radius 2 is 1.67 bits per heavy atom. The highest BCUT2D eigenvalue weighted by molar-refractivity contribution is 7.89. The number of rotatable bonds is 8. The molecule has 1 fully saturated rings. The van der Waals surface area contributed by atoms with Crippen LogP contribution in [0.4, 0.5) is 5.69 Å². The van der Waals surface area contributed by atoms with Gasteiger partial charge in [0, 0.05) is 5.54 Å². The first-order valence-corrected chi connectivity index (χ1v) is 12.2. The molecule has 1 heterocycles. The molecule has 1 aliphatic rings. The fourth-order valence-corrected chi connectivity index (χ4v) is 5.82. The fourth-order valence-electron chi connectivity index (χ4n) is 3.81. The van der Waals surface area contributed by atoms with E-state index in [2.05, 4.69) is 0 Å². The Morgan fingerprint density at radius 1 is 1.06 bits per heavy atom. The zero-order chi connectivity index (χ0) is 24.4. The highest BCUT2D eigenvalue weighted by atomic mass is 32.2. The van der Waals surface area contributed by atoms with E-state index in [0.29, 0.717) is 6.42 Å². The van der Waals surface area contributed by atoms with Gasteiger partial charge in [0.2, 0.25) is 15.9 Å². The summed E-state index contributed by atoms with van der Waals surface area (Å²) in [6, 6.07) is 12.6. The molecule has 2 amide bonds. The van der Waals surface area contributed by atoms with Gasteiger partial charge in [-0.3, -0.25) is 9.59 Å². The number of sulfonamides is 1. The van der Waals surface area contributed by atoms with Crippen LogP contribution < -0.4 is 4.90 Å². The summed E-state index contributed by atoms with van der Waals surface area (Å²) >= 11 is 0. The van der Waals surface area contributed by atoms with Crippen molar-refractivity contribution in [2.45, 2.75) is 57.0 Å². The van der Waals surface area contributed by atoms with Gasteiger partial charge in [-0.15, -0.1) is 0 Å². The Balaban J connectivity index is 1.99. The van der Waals surface area contributed by atoms with Gasteiger partial charge in [0.15, 0.2) is 0 Å². The smallest absolute Gasteiger partial charge is 0.338 e. The van der Waals surface area contributed by atoms with Crippen molar-refractivity contribution in [3.05, 3.63) is 60.2 Å². The van der Waals surface area contributed by atoms with Crippen LogP contribution in [0.3, 0.4) is 0 Å². The Bertz CT molecular complexity index is 1140. The Morgan fingerprint density at radius 3 is 2.21 bits per heavy atom. The number of hydrogen-bond donors (Lipinski definition) is 0. The van der Waals surface area contributed by atoms with Gasteiger partial charge in [0.25, 0.3) is 5.91 Å². The maximum absolute atomic E-state index is 13.6. The van der Waals surface area contributed by atoms with Crippen LogP contribution >= 0.6 is 0 Å². The maximum Gasteiger partial charge on any atom is 0.338 e. The summed E-state index contributed by atoms with van der Waals surface area (Å²) in [5.74, 6) is -1.63. The first-order valence-electron chi connectivity index (χ1n) is 10.8. The third kappa shape index (κ3) is 4.69. The minimum Gasteiger partial charge on any atom is -0.462 e. The lowest BCUT2D eigenvalue weighted by Crippen LogP contribution is -2.55. The third-order valence-electron chi connectivity index (χ3n) is 5.80. The van der Waals surface area contributed by atoms with Crippen molar-refractivity contribution in [3.8, 4) is 0 Å². The van der Waals surface area contributed by atoms with E-state index in [1.165, 1.54) is 40.7 Å². The minimum atomic E-state index is -4.07. The second kappa shape index (κ2) is 9.44.